The Morgan fingerprint density at radius 3 is 1.78 bits per heavy atom. The zero-order chi connectivity index (χ0) is 20.5. The second-order valence-corrected chi connectivity index (χ2v) is 12.4. The zero-order valence-electron chi connectivity index (χ0n) is 20.5. The molecular formula is C27H50. The lowest BCUT2D eigenvalue weighted by Crippen LogP contribution is -2.57. The molecule has 27 heavy (non-hydrogen) atoms. The molecule has 11 unspecified atom stereocenters. The van der Waals surface area contributed by atoms with Crippen LogP contribution in [-0.2, 0) is 0 Å². The van der Waals surface area contributed by atoms with Gasteiger partial charge in [-0.25, -0.2) is 0 Å². The first-order valence-electron chi connectivity index (χ1n) is 12.5. The van der Waals surface area contributed by atoms with Gasteiger partial charge in [0.1, 0.15) is 0 Å². The average Bonchev–Trinajstić information content (AvgIpc) is 3.00. The standard InChI is InChI=1S/C27H50/c1-12-17(7)19(9)22-23-25-24(27(22,25)14-15(3)4)21(26(23,11)13-2)20(10)18(8)16(5)6/h15-25H,12-14H2,1-11H3. The van der Waals surface area contributed by atoms with Crippen LogP contribution in [0.25, 0.3) is 0 Å². The summed E-state index contributed by atoms with van der Waals surface area (Å²) in [6.07, 6.45) is 4.25. The molecule has 0 N–H and O–H groups in total. The van der Waals surface area contributed by atoms with E-state index < -0.39 is 0 Å². The van der Waals surface area contributed by atoms with Crippen molar-refractivity contribution < 1.29 is 0 Å². The van der Waals surface area contributed by atoms with E-state index in [1.807, 2.05) is 0 Å². The number of rotatable bonds is 9. The van der Waals surface area contributed by atoms with Gasteiger partial charge in [-0.1, -0.05) is 89.0 Å². The summed E-state index contributed by atoms with van der Waals surface area (Å²) in [6.45, 7) is 27.8. The largest absolute Gasteiger partial charge is 0.0651 e. The molecule has 3 aliphatic carbocycles. The fraction of sp³-hybridized carbons (Fsp3) is 1.00. The van der Waals surface area contributed by atoms with Crippen molar-refractivity contribution in [2.45, 2.75) is 95.4 Å². The molecule has 0 nitrogen and oxygen atoms in total. The Labute approximate surface area is 171 Å². The molecular weight excluding hydrogens is 324 g/mol. The molecule has 3 fully saturated rings. The maximum absolute atomic E-state index is 2.72. The second-order valence-electron chi connectivity index (χ2n) is 12.4. The molecule has 0 spiro atoms. The molecule has 3 rings (SSSR count). The maximum atomic E-state index is 2.72. The lowest BCUT2D eigenvalue weighted by atomic mass is 9.43. The van der Waals surface area contributed by atoms with Gasteiger partial charge in [0.05, 0.1) is 0 Å². The smallest absolute Gasteiger partial charge is 0.0193 e. The molecule has 0 bridgehead atoms. The maximum Gasteiger partial charge on any atom is -0.0193 e. The summed E-state index contributed by atoms with van der Waals surface area (Å²) in [5.74, 6) is 10.3. The van der Waals surface area contributed by atoms with E-state index in [2.05, 4.69) is 76.2 Å². The zero-order valence-corrected chi connectivity index (χ0v) is 20.5. The highest BCUT2D eigenvalue weighted by molar-refractivity contribution is 5.36. The summed E-state index contributed by atoms with van der Waals surface area (Å²) in [5, 5.41) is 0. The summed E-state index contributed by atoms with van der Waals surface area (Å²) in [5.41, 5.74) is 1.31. The number of hydrogen-bond acceptors (Lipinski definition) is 0. The van der Waals surface area contributed by atoms with Gasteiger partial charge in [-0.05, 0) is 82.3 Å². The van der Waals surface area contributed by atoms with E-state index in [-0.39, 0.29) is 0 Å². The molecule has 3 aliphatic rings. The minimum Gasteiger partial charge on any atom is -0.0651 e. The Balaban J connectivity index is 1.97. The van der Waals surface area contributed by atoms with Gasteiger partial charge in [0.2, 0.25) is 0 Å². The summed E-state index contributed by atoms with van der Waals surface area (Å²) >= 11 is 0. The third kappa shape index (κ3) is 2.73. The van der Waals surface area contributed by atoms with Gasteiger partial charge in [0, 0.05) is 0 Å². The van der Waals surface area contributed by atoms with E-state index in [1.54, 1.807) is 0 Å². The summed E-state index contributed by atoms with van der Waals surface area (Å²) < 4.78 is 0. The first kappa shape index (κ1) is 21.7. The van der Waals surface area contributed by atoms with Crippen molar-refractivity contribution in [2.75, 3.05) is 0 Å². The van der Waals surface area contributed by atoms with Crippen LogP contribution in [0.4, 0.5) is 0 Å². The average molecular weight is 375 g/mol. The van der Waals surface area contributed by atoms with Gasteiger partial charge in [0.25, 0.3) is 0 Å². The monoisotopic (exact) mass is 374 g/mol. The summed E-state index contributed by atoms with van der Waals surface area (Å²) in [7, 11) is 0. The molecule has 0 amide bonds. The second kappa shape index (κ2) is 7.05. The fourth-order valence-electron chi connectivity index (χ4n) is 8.96. The molecule has 0 aliphatic heterocycles. The van der Waals surface area contributed by atoms with Gasteiger partial charge in [-0.15, -0.1) is 0 Å². The van der Waals surface area contributed by atoms with E-state index in [4.69, 9.17) is 0 Å². The van der Waals surface area contributed by atoms with E-state index >= 15 is 0 Å². The van der Waals surface area contributed by atoms with Crippen LogP contribution >= 0.6 is 0 Å². The Morgan fingerprint density at radius 2 is 1.33 bits per heavy atom. The van der Waals surface area contributed by atoms with E-state index in [1.165, 1.54) is 19.3 Å². The fourth-order valence-corrected chi connectivity index (χ4v) is 8.96. The van der Waals surface area contributed by atoms with Crippen molar-refractivity contribution in [3.05, 3.63) is 0 Å². The van der Waals surface area contributed by atoms with Crippen LogP contribution < -0.4 is 0 Å². The summed E-state index contributed by atoms with van der Waals surface area (Å²) in [4.78, 5) is 0. The quantitative estimate of drug-likeness (QED) is 0.382. The van der Waals surface area contributed by atoms with Crippen LogP contribution in [0.1, 0.15) is 95.4 Å². The van der Waals surface area contributed by atoms with Gasteiger partial charge < -0.3 is 0 Å². The van der Waals surface area contributed by atoms with Gasteiger partial charge in [0.15, 0.2) is 0 Å². The highest BCUT2D eigenvalue weighted by atomic mass is 14.9. The molecule has 0 aromatic carbocycles. The molecule has 11 atom stereocenters. The lowest BCUT2D eigenvalue weighted by Gasteiger charge is -2.61. The first-order chi connectivity index (χ1) is 12.5. The predicted molar refractivity (Wildman–Crippen MR) is 120 cm³/mol. The Kier molecular flexibility index (Phi) is 5.67. The molecule has 0 aromatic heterocycles. The van der Waals surface area contributed by atoms with Crippen LogP contribution in [0, 0.1) is 75.9 Å². The van der Waals surface area contributed by atoms with Crippen LogP contribution in [-0.4, -0.2) is 0 Å². The predicted octanol–water partition coefficient (Wildman–Crippen LogP) is 8.17. The van der Waals surface area contributed by atoms with Crippen LogP contribution in [0.5, 0.6) is 0 Å². The Morgan fingerprint density at radius 1 is 0.741 bits per heavy atom. The highest BCUT2D eigenvalue weighted by Crippen LogP contribution is 2.93. The topological polar surface area (TPSA) is 0 Å². The molecule has 0 heterocycles. The third-order valence-corrected chi connectivity index (χ3v) is 10.9. The minimum atomic E-state index is 0.586. The lowest BCUT2D eigenvalue weighted by molar-refractivity contribution is -0.141. The molecule has 0 heteroatoms. The third-order valence-electron chi connectivity index (χ3n) is 10.9. The van der Waals surface area contributed by atoms with Gasteiger partial charge >= 0.3 is 0 Å². The van der Waals surface area contributed by atoms with Crippen molar-refractivity contribution in [2.24, 2.45) is 75.9 Å². The van der Waals surface area contributed by atoms with Gasteiger partial charge in [-0.3, -0.25) is 0 Å². The Bertz CT molecular complexity index is 532. The van der Waals surface area contributed by atoms with Crippen molar-refractivity contribution >= 4 is 0 Å². The molecule has 0 radical (unpaired) electrons. The molecule has 3 saturated carbocycles. The SMILES string of the molecule is CCC(C)C(C)C1C2C3C(C(C(C)C(C)C(C)C)C2(C)CC)C13CC(C)C. The van der Waals surface area contributed by atoms with E-state index in [0.29, 0.717) is 5.41 Å². The first-order valence-corrected chi connectivity index (χ1v) is 12.5. The van der Waals surface area contributed by atoms with Crippen molar-refractivity contribution in [1.82, 2.24) is 0 Å². The van der Waals surface area contributed by atoms with Crippen molar-refractivity contribution in [1.29, 1.82) is 0 Å². The minimum absolute atomic E-state index is 0.586. The van der Waals surface area contributed by atoms with E-state index in [9.17, 15) is 0 Å². The molecule has 0 saturated heterocycles. The van der Waals surface area contributed by atoms with Crippen molar-refractivity contribution in [3.63, 3.8) is 0 Å². The van der Waals surface area contributed by atoms with Crippen LogP contribution in [0.2, 0.25) is 0 Å². The Hall–Kier alpha value is 0. The van der Waals surface area contributed by atoms with Crippen LogP contribution in [0.3, 0.4) is 0 Å². The van der Waals surface area contributed by atoms with Crippen molar-refractivity contribution in [3.8, 4) is 0 Å². The summed E-state index contributed by atoms with van der Waals surface area (Å²) in [6, 6.07) is 0. The molecule has 158 valence electrons. The number of hydrogen-bond donors (Lipinski definition) is 0. The normalized spacial score (nSPS) is 46.8. The molecule has 0 aromatic rings. The van der Waals surface area contributed by atoms with E-state index in [0.717, 1.165) is 70.5 Å². The van der Waals surface area contributed by atoms with Crippen LogP contribution in [0.15, 0.2) is 0 Å². The number of fused-ring (bicyclic) bond motifs is 1. The van der Waals surface area contributed by atoms with Gasteiger partial charge in [-0.2, -0.15) is 0 Å². The highest BCUT2D eigenvalue weighted by Gasteiger charge is 2.90.